The summed E-state index contributed by atoms with van der Waals surface area (Å²) in [4.78, 5) is 0. The van der Waals surface area contributed by atoms with E-state index in [0.29, 0.717) is 5.76 Å². The van der Waals surface area contributed by atoms with Crippen LogP contribution in [0.3, 0.4) is 0 Å². The largest absolute Gasteiger partial charge is 0.513 e. The Morgan fingerprint density at radius 3 is 2.56 bits per heavy atom. The molecule has 0 aliphatic carbocycles. The number of unbranched alkanes of at least 4 members (excludes halogenated alkanes) is 2. The van der Waals surface area contributed by atoms with E-state index in [0.717, 1.165) is 12.8 Å². The maximum Gasteiger partial charge on any atom is 0.0880 e. The van der Waals surface area contributed by atoms with Gasteiger partial charge in [-0.25, -0.2) is 0 Å². The zero-order valence-electron chi connectivity index (χ0n) is 6.35. The van der Waals surface area contributed by atoms with E-state index < -0.39 is 0 Å². The molecule has 0 unspecified atom stereocenters. The molecule has 1 nitrogen and oxygen atoms in total. The van der Waals surface area contributed by atoms with Crippen molar-refractivity contribution in [2.24, 2.45) is 0 Å². The molecule has 0 fully saturated rings. The minimum absolute atomic E-state index is 0.531. The number of aliphatic hydroxyl groups is 1. The van der Waals surface area contributed by atoms with E-state index in [-0.39, 0.29) is 0 Å². The van der Waals surface area contributed by atoms with E-state index >= 15 is 0 Å². The topological polar surface area (TPSA) is 20.2 Å². The van der Waals surface area contributed by atoms with Gasteiger partial charge in [-0.3, -0.25) is 0 Å². The van der Waals surface area contributed by atoms with Gasteiger partial charge < -0.3 is 5.11 Å². The van der Waals surface area contributed by atoms with Crippen molar-refractivity contribution in [2.75, 3.05) is 0 Å². The van der Waals surface area contributed by atoms with Crippen LogP contribution in [0.4, 0.5) is 0 Å². The predicted octanol–water partition coefficient (Wildman–Crippen LogP) is 3.03. The summed E-state index contributed by atoms with van der Waals surface area (Å²) in [6.45, 7) is 4.02. The third-order valence-electron chi connectivity index (χ3n) is 1.37. The molecule has 0 aliphatic rings. The van der Waals surface area contributed by atoms with Crippen molar-refractivity contribution >= 4 is 0 Å². The van der Waals surface area contributed by atoms with Crippen molar-refractivity contribution in [1.82, 2.24) is 0 Å². The third-order valence-corrected chi connectivity index (χ3v) is 1.37. The molecule has 0 spiro atoms. The van der Waals surface area contributed by atoms with Gasteiger partial charge in [-0.05, 0) is 19.4 Å². The molecule has 0 saturated carbocycles. The van der Waals surface area contributed by atoms with Gasteiger partial charge in [-0.15, -0.1) is 0 Å². The van der Waals surface area contributed by atoms with Crippen LogP contribution < -0.4 is 0 Å². The second kappa shape index (κ2) is 5.67. The maximum atomic E-state index is 8.95. The number of allylic oxidation sites excluding steroid dienone is 2. The highest BCUT2D eigenvalue weighted by atomic mass is 16.3. The van der Waals surface area contributed by atoms with Gasteiger partial charge in [0.05, 0.1) is 5.76 Å². The van der Waals surface area contributed by atoms with Gasteiger partial charge in [0.15, 0.2) is 0 Å². The van der Waals surface area contributed by atoms with Crippen LogP contribution in [-0.2, 0) is 0 Å². The minimum atomic E-state index is 0.531. The fraction of sp³-hybridized carbons (Fsp3) is 0.750. The molecule has 0 bridgehead atoms. The van der Waals surface area contributed by atoms with Crippen LogP contribution in [0.1, 0.15) is 39.5 Å². The number of aliphatic hydroxyl groups excluding tert-OH is 1. The average Bonchev–Trinajstić information content (AvgIpc) is 1.89. The molecule has 1 heteroatoms. The Labute approximate surface area is 57.4 Å². The molecule has 9 heavy (non-hydrogen) atoms. The van der Waals surface area contributed by atoms with E-state index in [9.17, 15) is 0 Å². The van der Waals surface area contributed by atoms with Crippen LogP contribution in [0, 0.1) is 0 Å². The maximum absolute atomic E-state index is 8.95. The zero-order chi connectivity index (χ0) is 7.11. The molecule has 0 amide bonds. The Hall–Kier alpha value is -0.460. The van der Waals surface area contributed by atoms with E-state index in [2.05, 4.69) is 6.92 Å². The number of rotatable bonds is 4. The molecular formula is C8H16O. The van der Waals surface area contributed by atoms with Gasteiger partial charge in [-0.2, -0.15) is 0 Å². The van der Waals surface area contributed by atoms with Crippen molar-refractivity contribution in [1.29, 1.82) is 0 Å². The van der Waals surface area contributed by atoms with Gasteiger partial charge in [0.25, 0.3) is 0 Å². The molecule has 0 radical (unpaired) electrons. The summed E-state index contributed by atoms with van der Waals surface area (Å²) < 4.78 is 0. The molecule has 54 valence electrons. The van der Waals surface area contributed by atoms with Crippen LogP contribution in [0.15, 0.2) is 11.8 Å². The lowest BCUT2D eigenvalue weighted by Crippen LogP contribution is -1.80. The Balaban J connectivity index is 3.07. The molecule has 0 aromatic rings. The van der Waals surface area contributed by atoms with Crippen molar-refractivity contribution in [2.45, 2.75) is 39.5 Å². The lowest BCUT2D eigenvalue weighted by atomic mass is 10.2. The summed E-state index contributed by atoms with van der Waals surface area (Å²) in [5.74, 6) is 0.531. The number of hydrogen-bond donors (Lipinski definition) is 1. The summed E-state index contributed by atoms with van der Waals surface area (Å²) in [7, 11) is 0. The van der Waals surface area contributed by atoms with Crippen LogP contribution in [0.2, 0.25) is 0 Å². The lowest BCUT2D eigenvalue weighted by molar-refractivity contribution is 0.380. The molecule has 0 heterocycles. The van der Waals surface area contributed by atoms with Crippen molar-refractivity contribution in [3.8, 4) is 0 Å². The molecule has 0 atom stereocenters. The summed E-state index contributed by atoms with van der Waals surface area (Å²) in [6, 6.07) is 0. The zero-order valence-corrected chi connectivity index (χ0v) is 6.35. The fourth-order valence-electron chi connectivity index (χ4n) is 0.700. The molecule has 0 aromatic carbocycles. The summed E-state index contributed by atoms with van der Waals surface area (Å²) in [5, 5.41) is 8.95. The SMILES string of the molecule is C/C=C(/O)CCCCC. The van der Waals surface area contributed by atoms with Crippen LogP contribution in [-0.4, -0.2) is 5.11 Å². The second-order valence-electron chi connectivity index (χ2n) is 2.24. The highest BCUT2D eigenvalue weighted by Gasteiger charge is 1.89. The highest BCUT2D eigenvalue weighted by molar-refractivity contribution is 4.86. The van der Waals surface area contributed by atoms with Crippen LogP contribution in [0.25, 0.3) is 0 Å². The second-order valence-corrected chi connectivity index (χ2v) is 2.24. The van der Waals surface area contributed by atoms with Crippen molar-refractivity contribution < 1.29 is 5.11 Å². The standard InChI is InChI=1S/C8H16O/c1-3-5-6-7-8(9)4-2/h4,9H,3,5-7H2,1-2H3/b8-4+. The molecule has 1 N–H and O–H groups in total. The Morgan fingerprint density at radius 2 is 2.11 bits per heavy atom. The number of hydrogen-bond acceptors (Lipinski definition) is 1. The van der Waals surface area contributed by atoms with E-state index in [1.165, 1.54) is 12.8 Å². The Bertz CT molecular complexity index is 84.6. The van der Waals surface area contributed by atoms with Crippen molar-refractivity contribution in [3.05, 3.63) is 11.8 Å². The molecule has 0 aliphatic heterocycles. The molecular weight excluding hydrogens is 112 g/mol. The van der Waals surface area contributed by atoms with Crippen molar-refractivity contribution in [3.63, 3.8) is 0 Å². The first-order chi connectivity index (χ1) is 4.31. The summed E-state index contributed by atoms with van der Waals surface area (Å²) in [5.41, 5.74) is 0. The first-order valence-corrected chi connectivity index (χ1v) is 3.65. The molecule has 0 aromatic heterocycles. The van der Waals surface area contributed by atoms with Crippen LogP contribution >= 0.6 is 0 Å². The predicted molar refractivity (Wildman–Crippen MR) is 40.5 cm³/mol. The monoisotopic (exact) mass is 128 g/mol. The quantitative estimate of drug-likeness (QED) is 0.455. The van der Waals surface area contributed by atoms with Gasteiger partial charge in [0.2, 0.25) is 0 Å². The Kier molecular flexibility index (Phi) is 5.38. The summed E-state index contributed by atoms with van der Waals surface area (Å²) in [6.07, 6.45) is 6.17. The van der Waals surface area contributed by atoms with E-state index in [1.807, 2.05) is 6.92 Å². The lowest BCUT2D eigenvalue weighted by Gasteiger charge is -1.95. The van der Waals surface area contributed by atoms with E-state index in [4.69, 9.17) is 5.11 Å². The summed E-state index contributed by atoms with van der Waals surface area (Å²) >= 11 is 0. The first kappa shape index (κ1) is 8.54. The Morgan fingerprint density at radius 1 is 1.44 bits per heavy atom. The minimum Gasteiger partial charge on any atom is -0.513 e. The molecule has 0 rings (SSSR count). The smallest absolute Gasteiger partial charge is 0.0880 e. The highest BCUT2D eigenvalue weighted by Crippen LogP contribution is 2.04. The first-order valence-electron chi connectivity index (χ1n) is 3.65. The van der Waals surface area contributed by atoms with Gasteiger partial charge in [-0.1, -0.05) is 19.8 Å². The van der Waals surface area contributed by atoms with Crippen LogP contribution in [0.5, 0.6) is 0 Å². The fourth-order valence-corrected chi connectivity index (χ4v) is 0.700. The van der Waals surface area contributed by atoms with E-state index in [1.54, 1.807) is 6.08 Å². The third kappa shape index (κ3) is 5.41. The average molecular weight is 128 g/mol. The normalized spacial score (nSPS) is 12.0. The van der Waals surface area contributed by atoms with Gasteiger partial charge >= 0.3 is 0 Å². The molecule has 0 saturated heterocycles. The van der Waals surface area contributed by atoms with Gasteiger partial charge in [0, 0.05) is 6.42 Å². The van der Waals surface area contributed by atoms with Gasteiger partial charge in [0.1, 0.15) is 0 Å².